The fraction of sp³-hybridized carbons (Fsp3) is 0.385. The Morgan fingerprint density at radius 2 is 1.88 bits per heavy atom. The van der Waals surface area contributed by atoms with Crippen LogP contribution in [0.5, 0.6) is 11.5 Å². The number of methoxy groups -OCH3 is 1. The molecule has 6 heteroatoms. The molecule has 5 nitrogen and oxygen atoms in total. The highest BCUT2D eigenvalue weighted by molar-refractivity contribution is 7.80. The van der Waals surface area contributed by atoms with Crippen LogP contribution in [-0.4, -0.2) is 36.1 Å². The Balaban J connectivity index is 2.06. The van der Waals surface area contributed by atoms with E-state index < -0.39 is 0 Å². The Bertz CT molecular complexity index is 1000. The maximum atomic E-state index is 13.6. The van der Waals surface area contributed by atoms with Gasteiger partial charge in [-0.15, -0.1) is 0 Å². The van der Waals surface area contributed by atoms with Crippen LogP contribution in [0, 0.1) is 5.92 Å². The molecule has 3 rings (SSSR count). The van der Waals surface area contributed by atoms with Gasteiger partial charge in [-0.25, -0.2) is 0 Å². The third-order valence-corrected chi connectivity index (χ3v) is 5.76. The van der Waals surface area contributed by atoms with Crippen LogP contribution in [0.25, 0.3) is 0 Å². The first-order chi connectivity index (χ1) is 15.4. The summed E-state index contributed by atoms with van der Waals surface area (Å²) in [6.45, 7) is 9.63. The lowest BCUT2D eigenvalue weighted by molar-refractivity contribution is 0.102. The zero-order valence-electron chi connectivity index (χ0n) is 19.5. The van der Waals surface area contributed by atoms with Crippen molar-refractivity contribution >= 4 is 23.1 Å². The molecule has 0 bridgehead atoms. The number of ether oxygens (including phenoxy) is 2. The topological polar surface area (TPSA) is 50.8 Å². The van der Waals surface area contributed by atoms with Gasteiger partial charge >= 0.3 is 0 Å². The monoisotopic (exact) mass is 452 g/mol. The van der Waals surface area contributed by atoms with Crippen molar-refractivity contribution in [2.75, 3.05) is 20.3 Å². The number of thiocarbonyl (C=S) groups is 1. The molecule has 1 N–H and O–H groups in total. The first-order valence-electron chi connectivity index (χ1n) is 11.1. The molecular formula is C26H32N2O3S. The minimum Gasteiger partial charge on any atom is -0.493 e. The lowest BCUT2D eigenvalue weighted by Crippen LogP contribution is -2.47. The lowest BCUT2D eigenvalue weighted by Gasteiger charge is -2.38. The average Bonchev–Trinajstić information content (AvgIpc) is 2.80. The number of allylic oxidation sites excluding steroid dienone is 1. The highest BCUT2D eigenvalue weighted by Crippen LogP contribution is 2.37. The van der Waals surface area contributed by atoms with Crippen LogP contribution in [0.2, 0.25) is 0 Å². The van der Waals surface area contributed by atoms with Gasteiger partial charge in [-0.3, -0.25) is 4.79 Å². The van der Waals surface area contributed by atoms with Gasteiger partial charge in [0.05, 0.1) is 19.8 Å². The molecule has 0 amide bonds. The number of carbonyl (C=O) groups is 1. The summed E-state index contributed by atoms with van der Waals surface area (Å²) in [5.41, 5.74) is 3.13. The van der Waals surface area contributed by atoms with E-state index in [2.05, 4.69) is 26.1 Å². The summed E-state index contributed by atoms with van der Waals surface area (Å²) in [6, 6.07) is 14.8. The molecular weight excluding hydrogens is 420 g/mol. The smallest absolute Gasteiger partial charge is 0.193 e. The van der Waals surface area contributed by atoms with Gasteiger partial charge in [-0.1, -0.05) is 57.2 Å². The predicted molar refractivity (Wildman–Crippen MR) is 132 cm³/mol. The van der Waals surface area contributed by atoms with E-state index in [1.54, 1.807) is 7.11 Å². The largest absolute Gasteiger partial charge is 0.493 e. The van der Waals surface area contributed by atoms with Gasteiger partial charge in [0.15, 0.2) is 22.4 Å². The molecule has 1 atom stereocenters. The molecule has 0 fully saturated rings. The third-order valence-electron chi connectivity index (χ3n) is 5.42. The highest BCUT2D eigenvalue weighted by atomic mass is 32.1. The van der Waals surface area contributed by atoms with E-state index in [9.17, 15) is 4.79 Å². The minimum absolute atomic E-state index is 0.0108. The Hall–Kier alpha value is -2.86. The third kappa shape index (κ3) is 5.13. The number of rotatable bonds is 9. The summed E-state index contributed by atoms with van der Waals surface area (Å²) >= 11 is 5.67. The Morgan fingerprint density at radius 1 is 1.16 bits per heavy atom. The Kier molecular flexibility index (Phi) is 7.91. The van der Waals surface area contributed by atoms with Crippen LogP contribution in [0.15, 0.2) is 59.8 Å². The van der Waals surface area contributed by atoms with Gasteiger partial charge in [0, 0.05) is 23.4 Å². The standard InChI is InChI=1S/C26H32N2O3S/c1-6-14-28-18(4)23(25(29)19-10-8-7-9-11-19)24(27-26(28)32)20-12-13-21(22(15-20)30-5)31-16-17(2)3/h7-13,15,17,24H,6,14,16H2,1-5H3,(H,27,32). The summed E-state index contributed by atoms with van der Waals surface area (Å²) < 4.78 is 11.5. The van der Waals surface area contributed by atoms with Crippen molar-refractivity contribution in [3.63, 3.8) is 0 Å². The molecule has 2 aromatic carbocycles. The van der Waals surface area contributed by atoms with Gasteiger partial charge in [-0.2, -0.15) is 0 Å². The van der Waals surface area contributed by atoms with Gasteiger partial charge in [-0.05, 0) is 49.2 Å². The molecule has 1 aliphatic rings. The molecule has 0 saturated heterocycles. The zero-order valence-corrected chi connectivity index (χ0v) is 20.3. The van der Waals surface area contributed by atoms with Crippen molar-refractivity contribution in [1.29, 1.82) is 0 Å². The molecule has 0 spiro atoms. The molecule has 0 saturated carbocycles. The van der Waals surface area contributed by atoms with Crippen LogP contribution < -0.4 is 14.8 Å². The van der Waals surface area contributed by atoms with Crippen molar-refractivity contribution in [1.82, 2.24) is 10.2 Å². The predicted octanol–water partition coefficient (Wildman–Crippen LogP) is 5.53. The highest BCUT2D eigenvalue weighted by Gasteiger charge is 2.34. The van der Waals surface area contributed by atoms with Gasteiger partial charge in [0.25, 0.3) is 0 Å². The van der Waals surface area contributed by atoms with Crippen molar-refractivity contribution in [2.24, 2.45) is 5.92 Å². The van der Waals surface area contributed by atoms with E-state index in [1.807, 2.05) is 60.4 Å². The second-order valence-electron chi connectivity index (χ2n) is 8.34. The van der Waals surface area contributed by atoms with Crippen LogP contribution in [0.1, 0.15) is 56.1 Å². The van der Waals surface area contributed by atoms with E-state index in [-0.39, 0.29) is 11.8 Å². The molecule has 1 unspecified atom stereocenters. The first-order valence-corrected chi connectivity index (χ1v) is 11.5. The fourth-order valence-corrected chi connectivity index (χ4v) is 4.15. The van der Waals surface area contributed by atoms with Gasteiger partial charge < -0.3 is 19.7 Å². The number of hydrogen-bond donors (Lipinski definition) is 1. The van der Waals surface area contributed by atoms with Crippen molar-refractivity contribution in [3.05, 3.63) is 70.9 Å². The first kappa shape index (κ1) is 23.8. The number of Topliss-reactive ketones (excluding diaryl/α,β-unsaturated/α-hetero) is 1. The molecule has 0 aliphatic carbocycles. The molecule has 2 aromatic rings. The maximum absolute atomic E-state index is 13.6. The van der Waals surface area contributed by atoms with Crippen LogP contribution >= 0.6 is 12.2 Å². The van der Waals surface area contributed by atoms with Crippen LogP contribution in [0.4, 0.5) is 0 Å². The number of benzene rings is 2. The molecule has 1 aliphatic heterocycles. The molecule has 1 heterocycles. The van der Waals surface area contributed by atoms with Gasteiger partial charge in [0.1, 0.15) is 0 Å². The van der Waals surface area contributed by atoms with E-state index in [0.29, 0.717) is 40.3 Å². The number of nitrogens with one attached hydrogen (secondary N) is 1. The lowest BCUT2D eigenvalue weighted by atomic mass is 9.89. The number of ketones is 1. The molecule has 170 valence electrons. The Morgan fingerprint density at radius 3 is 2.50 bits per heavy atom. The van der Waals surface area contributed by atoms with Crippen molar-refractivity contribution < 1.29 is 14.3 Å². The second-order valence-corrected chi connectivity index (χ2v) is 8.73. The van der Waals surface area contributed by atoms with E-state index in [4.69, 9.17) is 21.7 Å². The normalized spacial score (nSPS) is 16.2. The van der Waals surface area contributed by atoms with Crippen molar-refractivity contribution in [3.8, 4) is 11.5 Å². The summed E-state index contributed by atoms with van der Waals surface area (Å²) in [5.74, 6) is 1.72. The fourth-order valence-electron chi connectivity index (χ4n) is 3.80. The summed E-state index contributed by atoms with van der Waals surface area (Å²) in [5, 5.41) is 4.03. The molecule has 32 heavy (non-hydrogen) atoms. The molecule has 0 radical (unpaired) electrons. The Labute approximate surface area is 196 Å². The van der Waals surface area contributed by atoms with E-state index >= 15 is 0 Å². The van der Waals surface area contributed by atoms with Gasteiger partial charge in [0.2, 0.25) is 0 Å². The average molecular weight is 453 g/mol. The number of carbonyl (C=O) groups excluding carboxylic acids is 1. The van der Waals surface area contributed by atoms with Crippen molar-refractivity contribution in [2.45, 2.75) is 40.2 Å². The second kappa shape index (κ2) is 10.6. The van der Waals surface area contributed by atoms with Crippen LogP contribution in [-0.2, 0) is 0 Å². The molecule has 0 aromatic heterocycles. The SMILES string of the molecule is CCCN1C(=S)NC(c2ccc(OCC(C)C)c(OC)c2)C(C(=O)c2ccccc2)=C1C. The minimum atomic E-state index is -0.378. The van der Waals surface area contributed by atoms with Crippen LogP contribution in [0.3, 0.4) is 0 Å². The summed E-state index contributed by atoms with van der Waals surface area (Å²) in [6.07, 6.45) is 0.923. The summed E-state index contributed by atoms with van der Waals surface area (Å²) in [4.78, 5) is 15.6. The summed E-state index contributed by atoms with van der Waals surface area (Å²) in [7, 11) is 1.63. The number of hydrogen-bond acceptors (Lipinski definition) is 4. The quantitative estimate of drug-likeness (QED) is 0.399. The zero-order chi connectivity index (χ0) is 23.3. The van der Waals surface area contributed by atoms with E-state index in [1.165, 1.54) is 0 Å². The number of nitrogens with zero attached hydrogens (tertiary/aromatic N) is 1. The van der Waals surface area contributed by atoms with E-state index in [0.717, 1.165) is 24.2 Å². The maximum Gasteiger partial charge on any atom is 0.193 e.